The molecular formula is C17H17N5O2. The number of nitrogen functional groups attached to an aromatic ring is 1. The molecule has 0 aliphatic heterocycles. The van der Waals surface area contributed by atoms with Crippen molar-refractivity contribution < 1.29 is 9.47 Å². The van der Waals surface area contributed by atoms with Gasteiger partial charge in [0, 0.05) is 24.4 Å². The maximum Gasteiger partial charge on any atom is 0.236 e. The van der Waals surface area contributed by atoms with Gasteiger partial charge in [-0.1, -0.05) is 0 Å². The third kappa shape index (κ3) is 1.98. The Labute approximate surface area is 138 Å². The van der Waals surface area contributed by atoms with E-state index in [4.69, 9.17) is 15.2 Å². The van der Waals surface area contributed by atoms with Gasteiger partial charge in [0.05, 0.1) is 25.3 Å². The molecule has 0 radical (unpaired) electrons. The zero-order valence-corrected chi connectivity index (χ0v) is 13.6. The molecule has 0 spiro atoms. The molecule has 0 fully saturated rings. The van der Waals surface area contributed by atoms with E-state index in [2.05, 4.69) is 10.2 Å². The van der Waals surface area contributed by atoms with Crippen molar-refractivity contribution in [1.29, 1.82) is 0 Å². The number of hydrogen-bond acceptors (Lipinski definition) is 5. The van der Waals surface area contributed by atoms with Crippen LogP contribution in [0.3, 0.4) is 0 Å². The first-order valence-electron chi connectivity index (χ1n) is 7.45. The van der Waals surface area contributed by atoms with Gasteiger partial charge in [0.2, 0.25) is 5.78 Å². The van der Waals surface area contributed by atoms with Crippen molar-refractivity contribution in [3.05, 3.63) is 36.4 Å². The van der Waals surface area contributed by atoms with Crippen LogP contribution >= 0.6 is 0 Å². The van der Waals surface area contributed by atoms with Crippen LogP contribution in [0, 0.1) is 0 Å². The first-order valence-corrected chi connectivity index (χ1v) is 7.45. The lowest BCUT2D eigenvalue weighted by molar-refractivity contribution is 0.394. The summed E-state index contributed by atoms with van der Waals surface area (Å²) in [7, 11) is 5.20. The number of nitrogens with two attached hydrogens (primary N) is 1. The number of nitrogens with zero attached hydrogens (tertiary/aromatic N) is 4. The second-order valence-electron chi connectivity index (χ2n) is 5.57. The zero-order valence-electron chi connectivity index (χ0n) is 13.6. The Kier molecular flexibility index (Phi) is 3.09. The summed E-state index contributed by atoms with van der Waals surface area (Å²) >= 11 is 0. The SMILES string of the molecule is COc1cc(OC)cc(-c2nnc3n(C)c4ccc(N)cc4n23)c1. The minimum Gasteiger partial charge on any atom is -0.497 e. The number of aryl methyl sites for hydroxylation is 1. The number of hydrogen-bond donors (Lipinski definition) is 1. The number of benzene rings is 2. The van der Waals surface area contributed by atoms with Crippen molar-refractivity contribution in [3.8, 4) is 22.9 Å². The molecule has 0 bridgehead atoms. The second kappa shape index (κ2) is 5.16. The van der Waals surface area contributed by atoms with E-state index in [0.29, 0.717) is 23.0 Å². The van der Waals surface area contributed by atoms with Gasteiger partial charge in [0.1, 0.15) is 11.5 Å². The molecule has 2 heterocycles. The summed E-state index contributed by atoms with van der Waals surface area (Å²) in [5, 5.41) is 8.68. The highest BCUT2D eigenvalue weighted by atomic mass is 16.5. The standard InChI is InChI=1S/C17H17N5O2/c1-21-14-5-4-11(18)8-15(14)22-16(19-20-17(21)22)10-6-12(23-2)9-13(7-10)24-3/h4-9H,18H2,1-3H3. The molecule has 0 saturated heterocycles. The molecule has 0 atom stereocenters. The minimum absolute atomic E-state index is 0.692. The molecule has 0 unspecified atom stereocenters. The van der Waals surface area contributed by atoms with E-state index in [0.717, 1.165) is 22.4 Å². The number of methoxy groups -OCH3 is 2. The molecule has 0 aliphatic rings. The molecule has 122 valence electrons. The van der Waals surface area contributed by atoms with Crippen molar-refractivity contribution in [2.75, 3.05) is 20.0 Å². The maximum absolute atomic E-state index is 5.97. The van der Waals surface area contributed by atoms with E-state index < -0.39 is 0 Å². The molecule has 7 heteroatoms. The Hall–Kier alpha value is -3.22. The first kappa shape index (κ1) is 14.4. The predicted octanol–water partition coefficient (Wildman–Crippen LogP) is 2.49. The zero-order chi connectivity index (χ0) is 16.8. The molecule has 0 amide bonds. The molecule has 2 aromatic carbocycles. The molecule has 0 aliphatic carbocycles. The van der Waals surface area contributed by atoms with Gasteiger partial charge in [-0.05, 0) is 30.3 Å². The molecule has 0 saturated carbocycles. The largest absolute Gasteiger partial charge is 0.497 e. The fraction of sp³-hybridized carbons (Fsp3) is 0.176. The Bertz CT molecular complexity index is 1040. The lowest BCUT2D eigenvalue weighted by atomic mass is 10.2. The van der Waals surface area contributed by atoms with Gasteiger partial charge >= 0.3 is 0 Å². The van der Waals surface area contributed by atoms with Crippen molar-refractivity contribution in [2.24, 2.45) is 7.05 Å². The monoisotopic (exact) mass is 323 g/mol. The number of imidazole rings is 1. The van der Waals surface area contributed by atoms with Crippen LogP contribution in [0.4, 0.5) is 5.69 Å². The summed E-state index contributed by atoms with van der Waals surface area (Å²) in [6.07, 6.45) is 0. The van der Waals surface area contributed by atoms with Crippen LogP contribution in [-0.4, -0.2) is 33.4 Å². The van der Waals surface area contributed by atoms with Crippen LogP contribution in [-0.2, 0) is 7.05 Å². The summed E-state index contributed by atoms with van der Waals surface area (Å²) in [5.41, 5.74) is 9.50. The van der Waals surface area contributed by atoms with Crippen LogP contribution < -0.4 is 15.2 Å². The van der Waals surface area contributed by atoms with Gasteiger partial charge < -0.3 is 19.8 Å². The van der Waals surface area contributed by atoms with E-state index in [1.54, 1.807) is 14.2 Å². The molecular weight excluding hydrogens is 306 g/mol. The van der Waals surface area contributed by atoms with Gasteiger partial charge in [-0.2, -0.15) is 0 Å². The van der Waals surface area contributed by atoms with E-state index in [-0.39, 0.29) is 0 Å². The summed E-state index contributed by atoms with van der Waals surface area (Å²) in [6.45, 7) is 0. The van der Waals surface area contributed by atoms with Crippen molar-refractivity contribution in [2.45, 2.75) is 0 Å². The second-order valence-corrected chi connectivity index (χ2v) is 5.57. The summed E-state index contributed by atoms with van der Waals surface area (Å²) in [4.78, 5) is 0. The van der Waals surface area contributed by atoms with Gasteiger partial charge in [-0.3, -0.25) is 4.40 Å². The fourth-order valence-corrected chi connectivity index (χ4v) is 2.95. The lowest BCUT2D eigenvalue weighted by Crippen LogP contribution is -1.93. The van der Waals surface area contributed by atoms with Crippen LogP contribution in [0.15, 0.2) is 36.4 Å². The Morgan fingerprint density at radius 2 is 1.62 bits per heavy atom. The normalized spacial score (nSPS) is 11.3. The molecule has 4 rings (SSSR count). The molecule has 7 nitrogen and oxygen atoms in total. The molecule has 2 N–H and O–H groups in total. The highest BCUT2D eigenvalue weighted by Crippen LogP contribution is 2.31. The topological polar surface area (TPSA) is 79.6 Å². The minimum atomic E-state index is 0.692. The Morgan fingerprint density at radius 3 is 2.29 bits per heavy atom. The van der Waals surface area contributed by atoms with Gasteiger partial charge in [-0.25, -0.2) is 0 Å². The third-order valence-corrected chi connectivity index (χ3v) is 4.16. The fourth-order valence-electron chi connectivity index (χ4n) is 2.95. The van der Waals surface area contributed by atoms with Gasteiger partial charge in [0.25, 0.3) is 0 Å². The number of ether oxygens (including phenoxy) is 2. The molecule has 4 aromatic rings. The quantitative estimate of drug-likeness (QED) is 0.586. The Morgan fingerprint density at radius 1 is 0.917 bits per heavy atom. The van der Waals surface area contributed by atoms with E-state index in [1.165, 1.54) is 0 Å². The lowest BCUT2D eigenvalue weighted by Gasteiger charge is -2.07. The van der Waals surface area contributed by atoms with Crippen LogP contribution in [0.1, 0.15) is 0 Å². The van der Waals surface area contributed by atoms with Crippen molar-refractivity contribution >= 4 is 22.5 Å². The number of aromatic nitrogens is 4. The van der Waals surface area contributed by atoms with Crippen LogP contribution in [0.25, 0.3) is 28.2 Å². The molecule has 2 aromatic heterocycles. The number of fused-ring (bicyclic) bond motifs is 3. The summed E-state index contributed by atoms with van der Waals surface area (Å²) < 4.78 is 14.7. The highest BCUT2D eigenvalue weighted by Gasteiger charge is 2.17. The number of rotatable bonds is 3. The predicted molar refractivity (Wildman–Crippen MR) is 92.4 cm³/mol. The third-order valence-electron chi connectivity index (χ3n) is 4.16. The summed E-state index contributed by atoms with van der Waals surface area (Å²) in [5.74, 6) is 2.84. The summed E-state index contributed by atoms with van der Waals surface area (Å²) in [6, 6.07) is 11.4. The maximum atomic E-state index is 5.97. The van der Waals surface area contributed by atoms with Gasteiger partial charge in [0.15, 0.2) is 5.82 Å². The van der Waals surface area contributed by atoms with E-state index in [1.807, 2.05) is 52.4 Å². The average molecular weight is 323 g/mol. The van der Waals surface area contributed by atoms with E-state index in [9.17, 15) is 0 Å². The van der Waals surface area contributed by atoms with Crippen LogP contribution in [0.2, 0.25) is 0 Å². The van der Waals surface area contributed by atoms with Crippen molar-refractivity contribution in [1.82, 2.24) is 19.2 Å². The molecule has 24 heavy (non-hydrogen) atoms. The highest BCUT2D eigenvalue weighted by molar-refractivity contribution is 5.85. The average Bonchev–Trinajstić information content (AvgIpc) is 3.15. The van der Waals surface area contributed by atoms with Crippen molar-refractivity contribution in [3.63, 3.8) is 0 Å². The van der Waals surface area contributed by atoms with Crippen LogP contribution in [0.5, 0.6) is 11.5 Å². The Balaban J connectivity index is 2.06. The number of anilines is 1. The van der Waals surface area contributed by atoms with Gasteiger partial charge in [-0.15, -0.1) is 10.2 Å². The smallest absolute Gasteiger partial charge is 0.236 e. The first-order chi connectivity index (χ1) is 11.6. The van der Waals surface area contributed by atoms with E-state index >= 15 is 0 Å².